The van der Waals surface area contributed by atoms with Crippen LogP contribution in [0.25, 0.3) is 0 Å². The standard InChI is InChI=1S/C11H16N2/c1-8(2)7-10(12)11-6-4-5-9(3)13-11/h4-6,10H,1,7,12H2,2-3H3. The van der Waals surface area contributed by atoms with Crippen LogP contribution in [0.15, 0.2) is 30.4 Å². The SMILES string of the molecule is C=C(C)CC(N)c1cccc(C)n1. The van der Waals surface area contributed by atoms with E-state index in [-0.39, 0.29) is 6.04 Å². The van der Waals surface area contributed by atoms with Crippen LogP contribution in [0.4, 0.5) is 0 Å². The highest BCUT2D eigenvalue weighted by atomic mass is 14.8. The first-order chi connectivity index (χ1) is 6.09. The van der Waals surface area contributed by atoms with E-state index >= 15 is 0 Å². The molecule has 0 aliphatic rings. The van der Waals surface area contributed by atoms with Crippen molar-refractivity contribution in [2.24, 2.45) is 5.73 Å². The molecule has 0 amide bonds. The molecule has 1 atom stereocenters. The molecule has 0 radical (unpaired) electrons. The van der Waals surface area contributed by atoms with Crippen LogP contribution in [0, 0.1) is 6.92 Å². The van der Waals surface area contributed by atoms with Gasteiger partial charge in [-0.15, -0.1) is 6.58 Å². The molecule has 0 fully saturated rings. The highest BCUT2D eigenvalue weighted by molar-refractivity contribution is 5.14. The highest BCUT2D eigenvalue weighted by Crippen LogP contribution is 2.15. The van der Waals surface area contributed by atoms with Crippen LogP contribution in [-0.4, -0.2) is 4.98 Å². The number of aromatic nitrogens is 1. The number of hydrogen-bond donors (Lipinski definition) is 1. The second-order valence-corrected chi connectivity index (χ2v) is 3.47. The Morgan fingerprint density at radius 2 is 2.31 bits per heavy atom. The lowest BCUT2D eigenvalue weighted by atomic mass is 10.1. The molecule has 1 rings (SSSR count). The molecule has 2 N–H and O–H groups in total. The molecular weight excluding hydrogens is 160 g/mol. The quantitative estimate of drug-likeness (QED) is 0.718. The maximum atomic E-state index is 5.94. The van der Waals surface area contributed by atoms with Crippen LogP contribution in [0.5, 0.6) is 0 Å². The summed E-state index contributed by atoms with van der Waals surface area (Å²) in [5.74, 6) is 0. The molecule has 13 heavy (non-hydrogen) atoms. The molecule has 1 aromatic heterocycles. The number of nitrogens with zero attached hydrogens (tertiary/aromatic N) is 1. The summed E-state index contributed by atoms with van der Waals surface area (Å²) in [5, 5.41) is 0. The van der Waals surface area contributed by atoms with Crippen molar-refractivity contribution in [2.75, 3.05) is 0 Å². The topological polar surface area (TPSA) is 38.9 Å². The summed E-state index contributed by atoms with van der Waals surface area (Å²) in [4.78, 5) is 4.36. The van der Waals surface area contributed by atoms with Crippen LogP contribution < -0.4 is 5.73 Å². The molecule has 0 saturated carbocycles. The smallest absolute Gasteiger partial charge is 0.0577 e. The molecule has 70 valence electrons. The van der Waals surface area contributed by atoms with E-state index in [0.717, 1.165) is 23.4 Å². The van der Waals surface area contributed by atoms with Gasteiger partial charge in [-0.3, -0.25) is 4.98 Å². The van der Waals surface area contributed by atoms with Crippen LogP contribution >= 0.6 is 0 Å². The van der Waals surface area contributed by atoms with Gasteiger partial charge in [0.1, 0.15) is 0 Å². The minimum absolute atomic E-state index is 0.0163. The summed E-state index contributed by atoms with van der Waals surface area (Å²) in [6.45, 7) is 7.79. The van der Waals surface area contributed by atoms with E-state index < -0.39 is 0 Å². The van der Waals surface area contributed by atoms with Gasteiger partial charge in [0.05, 0.1) is 11.7 Å². The predicted molar refractivity (Wildman–Crippen MR) is 55.3 cm³/mol. The molecule has 0 aromatic carbocycles. The largest absolute Gasteiger partial charge is 0.322 e. The van der Waals surface area contributed by atoms with Gasteiger partial charge in [0.2, 0.25) is 0 Å². The van der Waals surface area contributed by atoms with Crippen molar-refractivity contribution in [2.45, 2.75) is 26.3 Å². The van der Waals surface area contributed by atoms with Gasteiger partial charge in [-0.1, -0.05) is 11.6 Å². The first-order valence-corrected chi connectivity index (χ1v) is 4.43. The second kappa shape index (κ2) is 4.19. The first-order valence-electron chi connectivity index (χ1n) is 4.43. The van der Waals surface area contributed by atoms with E-state index in [0.29, 0.717) is 0 Å². The number of pyridine rings is 1. The van der Waals surface area contributed by atoms with Crippen LogP contribution in [0.3, 0.4) is 0 Å². The minimum Gasteiger partial charge on any atom is -0.322 e. The third-order valence-corrected chi connectivity index (χ3v) is 1.86. The third-order valence-electron chi connectivity index (χ3n) is 1.86. The predicted octanol–water partition coefficient (Wildman–Crippen LogP) is 2.36. The summed E-state index contributed by atoms with van der Waals surface area (Å²) in [6.07, 6.45) is 0.802. The fourth-order valence-electron chi connectivity index (χ4n) is 1.25. The Balaban J connectivity index is 2.76. The van der Waals surface area contributed by atoms with E-state index in [1.807, 2.05) is 32.0 Å². The Morgan fingerprint density at radius 3 is 2.85 bits per heavy atom. The Morgan fingerprint density at radius 1 is 1.62 bits per heavy atom. The summed E-state index contributed by atoms with van der Waals surface area (Å²) in [7, 11) is 0. The molecule has 0 saturated heterocycles. The van der Waals surface area contributed by atoms with Crippen LogP contribution in [0.2, 0.25) is 0 Å². The van der Waals surface area contributed by atoms with Crippen LogP contribution in [0.1, 0.15) is 30.8 Å². The molecule has 0 bridgehead atoms. The van der Waals surface area contributed by atoms with Gasteiger partial charge in [0.25, 0.3) is 0 Å². The van der Waals surface area contributed by atoms with Crippen molar-refractivity contribution >= 4 is 0 Å². The first kappa shape index (κ1) is 9.93. The molecule has 1 aromatic rings. The number of rotatable bonds is 3. The number of nitrogens with two attached hydrogens (primary N) is 1. The average molecular weight is 176 g/mol. The molecule has 1 heterocycles. The molecule has 1 unspecified atom stereocenters. The van der Waals surface area contributed by atoms with E-state index in [9.17, 15) is 0 Å². The van der Waals surface area contributed by atoms with Gasteiger partial charge in [-0.2, -0.15) is 0 Å². The van der Waals surface area contributed by atoms with E-state index in [4.69, 9.17) is 5.73 Å². The van der Waals surface area contributed by atoms with Gasteiger partial charge in [0, 0.05) is 5.69 Å². The summed E-state index contributed by atoms with van der Waals surface area (Å²) in [6, 6.07) is 5.89. The zero-order chi connectivity index (χ0) is 9.84. The Labute approximate surface area is 79.5 Å². The van der Waals surface area contributed by atoms with Gasteiger partial charge >= 0.3 is 0 Å². The third kappa shape index (κ3) is 2.99. The molecule has 0 aliphatic carbocycles. The lowest BCUT2D eigenvalue weighted by Crippen LogP contribution is -2.12. The maximum Gasteiger partial charge on any atom is 0.0577 e. The van der Waals surface area contributed by atoms with E-state index in [2.05, 4.69) is 11.6 Å². The van der Waals surface area contributed by atoms with E-state index in [1.165, 1.54) is 0 Å². The Hall–Kier alpha value is -1.15. The van der Waals surface area contributed by atoms with Crippen molar-refractivity contribution in [3.63, 3.8) is 0 Å². The second-order valence-electron chi connectivity index (χ2n) is 3.47. The fourth-order valence-corrected chi connectivity index (χ4v) is 1.25. The monoisotopic (exact) mass is 176 g/mol. The molecule has 0 spiro atoms. The summed E-state index contributed by atoms with van der Waals surface area (Å²) in [5.41, 5.74) is 8.99. The Bertz CT molecular complexity index is 305. The number of hydrogen-bond acceptors (Lipinski definition) is 2. The van der Waals surface area contributed by atoms with E-state index in [1.54, 1.807) is 0 Å². The van der Waals surface area contributed by atoms with Crippen molar-refractivity contribution in [1.82, 2.24) is 4.98 Å². The van der Waals surface area contributed by atoms with Gasteiger partial charge in [-0.05, 0) is 32.4 Å². The minimum atomic E-state index is -0.0163. The molecule has 0 aliphatic heterocycles. The molecule has 2 nitrogen and oxygen atoms in total. The lowest BCUT2D eigenvalue weighted by molar-refractivity contribution is 0.689. The van der Waals surface area contributed by atoms with Crippen molar-refractivity contribution in [1.29, 1.82) is 0 Å². The average Bonchev–Trinajstić information content (AvgIpc) is 2.03. The van der Waals surface area contributed by atoms with Crippen molar-refractivity contribution < 1.29 is 0 Å². The highest BCUT2D eigenvalue weighted by Gasteiger charge is 2.06. The molecule has 2 heteroatoms. The fraction of sp³-hybridized carbons (Fsp3) is 0.364. The summed E-state index contributed by atoms with van der Waals surface area (Å²) < 4.78 is 0. The van der Waals surface area contributed by atoms with Gasteiger partial charge in [0.15, 0.2) is 0 Å². The van der Waals surface area contributed by atoms with Crippen molar-refractivity contribution in [3.8, 4) is 0 Å². The normalized spacial score (nSPS) is 12.5. The zero-order valence-electron chi connectivity index (χ0n) is 8.25. The van der Waals surface area contributed by atoms with Crippen LogP contribution in [-0.2, 0) is 0 Å². The van der Waals surface area contributed by atoms with Gasteiger partial charge in [-0.25, -0.2) is 0 Å². The lowest BCUT2D eigenvalue weighted by Gasteiger charge is -2.10. The van der Waals surface area contributed by atoms with Crippen molar-refractivity contribution in [3.05, 3.63) is 41.7 Å². The maximum absolute atomic E-state index is 5.94. The Kier molecular flexibility index (Phi) is 3.20. The zero-order valence-corrected chi connectivity index (χ0v) is 8.25. The summed E-state index contributed by atoms with van der Waals surface area (Å²) >= 11 is 0. The molecular formula is C11H16N2. The number of aryl methyl sites for hydroxylation is 1. The van der Waals surface area contributed by atoms with Gasteiger partial charge < -0.3 is 5.73 Å².